The molecule has 0 aliphatic heterocycles. The van der Waals surface area contributed by atoms with Crippen LogP contribution in [0.4, 0.5) is 6.01 Å². The van der Waals surface area contributed by atoms with Crippen LogP contribution in [0.25, 0.3) is 22.1 Å². The fourth-order valence-corrected chi connectivity index (χ4v) is 2.18. The molecule has 0 fully saturated rings. The van der Waals surface area contributed by atoms with Crippen LogP contribution in [0.1, 0.15) is 10.6 Å². The van der Waals surface area contributed by atoms with Crippen LogP contribution >= 0.6 is 0 Å². The topological polar surface area (TPSA) is 68.3 Å². The predicted molar refractivity (Wildman–Crippen MR) is 78.2 cm³/mol. The lowest BCUT2D eigenvalue weighted by Gasteiger charge is -1.95. The minimum atomic E-state index is -0.391. The molecule has 0 unspecified atom stereocenters. The lowest BCUT2D eigenvalue weighted by molar-refractivity contribution is 0.0996. The van der Waals surface area contributed by atoms with Crippen molar-refractivity contribution in [1.82, 2.24) is 4.98 Å². The molecule has 102 valence electrons. The number of carbonyl (C=O) groups excluding carboxylic acids is 1. The Labute approximate surface area is 119 Å². The molecule has 2 aromatic heterocycles. The van der Waals surface area contributed by atoms with E-state index in [4.69, 9.17) is 8.83 Å². The maximum atomic E-state index is 12.2. The summed E-state index contributed by atoms with van der Waals surface area (Å²) in [5.74, 6) is -0.170. The molecule has 2 heterocycles. The van der Waals surface area contributed by atoms with E-state index < -0.39 is 5.91 Å². The monoisotopic (exact) mass is 278 g/mol. The largest absolute Gasteiger partial charge is 0.451 e. The minimum Gasteiger partial charge on any atom is -0.451 e. The smallest absolute Gasteiger partial charge is 0.302 e. The van der Waals surface area contributed by atoms with Crippen molar-refractivity contribution in [3.05, 3.63) is 60.4 Å². The third kappa shape index (κ3) is 2.04. The van der Waals surface area contributed by atoms with Crippen LogP contribution < -0.4 is 5.32 Å². The number of aromatic nitrogens is 1. The van der Waals surface area contributed by atoms with Crippen molar-refractivity contribution >= 4 is 34.0 Å². The van der Waals surface area contributed by atoms with Gasteiger partial charge in [0.1, 0.15) is 11.1 Å². The molecule has 4 rings (SSSR count). The summed E-state index contributed by atoms with van der Waals surface area (Å²) < 4.78 is 10.9. The lowest BCUT2D eigenvalue weighted by atomic mass is 10.2. The molecule has 4 aromatic rings. The van der Waals surface area contributed by atoms with Gasteiger partial charge in [0.2, 0.25) is 0 Å². The van der Waals surface area contributed by atoms with Crippen LogP contribution in [0, 0.1) is 0 Å². The zero-order chi connectivity index (χ0) is 14.2. The number of nitrogens with zero attached hydrogens (tertiary/aromatic N) is 1. The highest BCUT2D eigenvalue weighted by molar-refractivity contribution is 6.03. The molecule has 0 bridgehead atoms. The summed E-state index contributed by atoms with van der Waals surface area (Å²) in [6, 6.07) is 16.6. The number of oxazole rings is 1. The van der Waals surface area contributed by atoms with Crippen molar-refractivity contribution in [2.45, 2.75) is 0 Å². The first-order chi connectivity index (χ1) is 10.3. The molecule has 0 spiro atoms. The Morgan fingerprint density at radius 1 is 0.952 bits per heavy atom. The first-order valence-electron chi connectivity index (χ1n) is 6.45. The number of carbonyl (C=O) groups is 1. The van der Waals surface area contributed by atoms with E-state index in [1.54, 1.807) is 12.1 Å². The van der Waals surface area contributed by atoms with Gasteiger partial charge in [0.25, 0.3) is 5.91 Å². The fourth-order valence-electron chi connectivity index (χ4n) is 2.18. The Balaban J connectivity index is 1.65. The van der Waals surface area contributed by atoms with Crippen LogP contribution in [-0.4, -0.2) is 10.9 Å². The standard InChI is InChI=1S/C16H10N2O3/c19-15(14-9-10-5-1-3-7-12(10)20-14)18-16-17-11-6-2-4-8-13(11)21-16/h1-9H,(H,17,18,19). The number of fused-ring (bicyclic) bond motifs is 2. The Morgan fingerprint density at radius 3 is 2.52 bits per heavy atom. The molecule has 21 heavy (non-hydrogen) atoms. The third-order valence-corrected chi connectivity index (χ3v) is 3.16. The van der Waals surface area contributed by atoms with Gasteiger partial charge in [-0.05, 0) is 24.3 Å². The minimum absolute atomic E-state index is 0.154. The number of para-hydroxylation sites is 3. The van der Waals surface area contributed by atoms with Gasteiger partial charge in [0, 0.05) is 5.39 Å². The summed E-state index contributed by atoms with van der Waals surface area (Å²) in [5, 5.41) is 3.47. The number of nitrogens with one attached hydrogen (secondary N) is 1. The van der Waals surface area contributed by atoms with Gasteiger partial charge in [0.15, 0.2) is 11.3 Å². The molecule has 5 nitrogen and oxygen atoms in total. The maximum Gasteiger partial charge on any atom is 0.302 e. The second-order valence-corrected chi connectivity index (χ2v) is 4.59. The first-order valence-corrected chi connectivity index (χ1v) is 6.45. The lowest BCUT2D eigenvalue weighted by Crippen LogP contribution is -2.10. The van der Waals surface area contributed by atoms with E-state index in [0.717, 1.165) is 5.39 Å². The van der Waals surface area contributed by atoms with Crippen molar-refractivity contribution in [3.8, 4) is 0 Å². The molecule has 0 saturated carbocycles. The van der Waals surface area contributed by atoms with Crippen molar-refractivity contribution in [2.75, 3.05) is 5.32 Å². The Hall–Kier alpha value is -3.08. The van der Waals surface area contributed by atoms with E-state index in [2.05, 4.69) is 10.3 Å². The first kappa shape index (κ1) is 11.7. The predicted octanol–water partition coefficient (Wildman–Crippen LogP) is 3.83. The molecule has 0 saturated heterocycles. The van der Waals surface area contributed by atoms with Gasteiger partial charge in [-0.3, -0.25) is 10.1 Å². The van der Waals surface area contributed by atoms with Crippen molar-refractivity contribution in [3.63, 3.8) is 0 Å². The van der Waals surface area contributed by atoms with Gasteiger partial charge in [-0.25, -0.2) is 0 Å². The SMILES string of the molecule is O=C(Nc1nc2ccccc2o1)c1cc2ccccc2o1. The molecule has 0 atom stereocenters. The summed E-state index contributed by atoms with van der Waals surface area (Å²) >= 11 is 0. The molecule has 5 heteroatoms. The third-order valence-electron chi connectivity index (χ3n) is 3.16. The highest BCUT2D eigenvalue weighted by atomic mass is 16.4. The van der Waals surface area contributed by atoms with Crippen LogP contribution in [0.5, 0.6) is 0 Å². The number of hydrogen-bond donors (Lipinski definition) is 1. The van der Waals surface area contributed by atoms with E-state index in [1.165, 1.54) is 0 Å². The highest BCUT2D eigenvalue weighted by Crippen LogP contribution is 2.21. The van der Waals surface area contributed by atoms with Gasteiger partial charge in [-0.2, -0.15) is 4.98 Å². The average molecular weight is 278 g/mol. The number of benzene rings is 2. The van der Waals surface area contributed by atoms with Crippen LogP contribution in [0.3, 0.4) is 0 Å². The molecule has 1 N–H and O–H groups in total. The van der Waals surface area contributed by atoms with Crippen molar-refractivity contribution in [2.24, 2.45) is 0 Å². The van der Waals surface area contributed by atoms with Gasteiger partial charge < -0.3 is 8.83 Å². The Bertz CT molecular complexity index is 886. The molecular weight excluding hydrogens is 268 g/mol. The Kier molecular flexibility index (Phi) is 2.50. The molecule has 0 radical (unpaired) electrons. The second kappa shape index (κ2) is 4.49. The van der Waals surface area contributed by atoms with Crippen LogP contribution in [0.2, 0.25) is 0 Å². The Morgan fingerprint density at radius 2 is 1.71 bits per heavy atom. The van der Waals surface area contributed by atoms with Gasteiger partial charge in [-0.15, -0.1) is 0 Å². The summed E-state index contributed by atoms with van der Waals surface area (Å²) in [4.78, 5) is 16.3. The van der Waals surface area contributed by atoms with Gasteiger partial charge >= 0.3 is 6.01 Å². The number of rotatable bonds is 2. The van der Waals surface area contributed by atoms with E-state index in [0.29, 0.717) is 16.7 Å². The summed E-state index contributed by atoms with van der Waals surface area (Å²) in [7, 11) is 0. The fraction of sp³-hybridized carbons (Fsp3) is 0. The maximum absolute atomic E-state index is 12.2. The quantitative estimate of drug-likeness (QED) is 0.605. The van der Waals surface area contributed by atoms with E-state index in [-0.39, 0.29) is 11.8 Å². The van der Waals surface area contributed by atoms with E-state index in [9.17, 15) is 4.79 Å². The summed E-state index contributed by atoms with van der Waals surface area (Å²) in [6.07, 6.45) is 0. The molecule has 0 aliphatic rings. The summed E-state index contributed by atoms with van der Waals surface area (Å²) in [6.45, 7) is 0. The van der Waals surface area contributed by atoms with Crippen molar-refractivity contribution < 1.29 is 13.6 Å². The van der Waals surface area contributed by atoms with Crippen molar-refractivity contribution in [1.29, 1.82) is 0 Å². The number of furan rings is 1. The summed E-state index contributed by atoms with van der Waals surface area (Å²) in [5.41, 5.74) is 1.98. The van der Waals surface area contributed by atoms with Gasteiger partial charge in [-0.1, -0.05) is 30.3 Å². The van der Waals surface area contributed by atoms with E-state index in [1.807, 2.05) is 42.5 Å². The molecule has 0 aliphatic carbocycles. The zero-order valence-electron chi connectivity index (χ0n) is 10.9. The number of anilines is 1. The number of hydrogen-bond acceptors (Lipinski definition) is 4. The van der Waals surface area contributed by atoms with Crippen LogP contribution in [-0.2, 0) is 0 Å². The van der Waals surface area contributed by atoms with Gasteiger partial charge in [0.05, 0.1) is 0 Å². The zero-order valence-corrected chi connectivity index (χ0v) is 10.9. The average Bonchev–Trinajstić information content (AvgIpc) is 3.10. The molecule has 2 aromatic carbocycles. The highest BCUT2D eigenvalue weighted by Gasteiger charge is 2.15. The normalized spacial score (nSPS) is 11.0. The number of amides is 1. The molecule has 1 amide bonds. The van der Waals surface area contributed by atoms with Crippen LogP contribution in [0.15, 0.2) is 63.4 Å². The molecular formula is C16H10N2O3. The second-order valence-electron chi connectivity index (χ2n) is 4.59. The van der Waals surface area contributed by atoms with E-state index >= 15 is 0 Å².